The van der Waals surface area contributed by atoms with E-state index in [1.54, 1.807) is 12.5 Å². The number of oxime groups is 1. The third kappa shape index (κ3) is 6.56. The van der Waals surface area contributed by atoms with E-state index in [2.05, 4.69) is 38.2 Å². The van der Waals surface area contributed by atoms with Crippen LogP contribution >= 0.6 is 15.9 Å². The van der Waals surface area contributed by atoms with Gasteiger partial charge in [0, 0.05) is 28.9 Å². The van der Waals surface area contributed by atoms with Gasteiger partial charge < -0.3 is 14.5 Å². The maximum atomic E-state index is 10.7. The van der Waals surface area contributed by atoms with Crippen LogP contribution in [0.1, 0.15) is 36.4 Å². The number of nitrogens with zero attached hydrogens (tertiary/aromatic N) is 3. The van der Waals surface area contributed by atoms with E-state index < -0.39 is 5.97 Å². The van der Waals surface area contributed by atoms with E-state index in [1.807, 2.05) is 53.2 Å². The predicted octanol–water partition coefficient (Wildman–Crippen LogP) is 5.11. The van der Waals surface area contributed by atoms with E-state index in [9.17, 15) is 4.79 Å². The number of carboxylic acid groups (broad SMARTS) is 1. The molecule has 0 saturated heterocycles. The third-order valence-corrected chi connectivity index (χ3v) is 5.18. The highest BCUT2D eigenvalue weighted by atomic mass is 79.9. The lowest BCUT2D eigenvalue weighted by molar-refractivity contribution is -0.137. The van der Waals surface area contributed by atoms with Gasteiger partial charge in [0.25, 0.3) is 0 Å². The van der Waals surface area contributed by atoms with E-state index in [-0.39, 0.29) is 12.5 Å². The van der Waals surface area contributed by atoms with Crippen LogP contribution < -0.4 is 0 Å². The van der Waals surface area contributed by atoms with Gasteiger partial charge in [-0.25, -0.2) is 4.98 Å². The first kappa shape index (κ1) is 21.8. The van der Waals surface area contributed by atoms with Gasteiger partial charge in [0.15, 0.2) is 0 Å². The first-order valence-electron chi connectivity index (χ1n) is 9.82. The van der Waals surface area contributed by atoms with Crippen molar-refractivity contribution in [3.63, 3.8) is 0 Å². The molecule has 0 saturated carbocycles. The van der Waals surface area contributed by atoms with Gasteiger partial charge in [-0.1, -0.05) is 63.6 Å². The summed E-state index contributed by atoms with van der Waals surface area (Å²) in [5.41, 5.74) is 2.93. The number of benzene rings is 2. The Labute approximate surface area is 184 Å². The molecular weight excluding hydrogens is 446 g/mol. The van der Waals surface area contributed by atoms with Crippen molar-refractivity contribution in [2.45, 2.75) is 31.7 Å². The van der Waals surface area contributed by atoms with Crippen LogP contribution in [-0.2, 0) is 16.1 Å². The second kappa shape index (κ2) is 11.3. The monoisotopic (exact) mass is 469 g/mol. The Morgan fingerprint density at radius 2 is 1.90 bits per heavy atom. The number of halogens is 1. The van der Waals surface area contributed by atoms with Crippen molar-refractivity contribution in [2.75, 3.05) is 6.61 Å². The summed E-state index contributed by atoms with van der Waals surface area (Å²) < 4.78 is 3.02. The zero-order valence-corrected chi connectivity index (χ0v) is 18.1. The van der Waals surface area contributed by atoms with E-state index in [0.717, 1.165) is 22.2 Å². The summed E-state index contributed by atoms with van der Waals surface area (Å²) in [7, 11) is 0. The molecule has 3 rings (SSSR count). The van der Waals surface area contributed by atoms with Gasteiger partial charge in [0.2, 0.25) is 0 Å². The molecule has 7 heteroatoms. The average Bonchev–Trinajstić information content (AvgIpc) is 3.28. The predicted molar refractivity (Wildman–Crippen MR) is 120 cm³/mol. The molecule has 156 valence electrons. The smallest absolute Gasteiger partial charge is 0.303 e. The van der Waals surface area contributed by atoms with Gasteiger partial charge in [-0.15, -0.1) is 0 Å². The maximum Gasteiger partial charge on any atom is 0.303 e. The Morgan fingerprint density at radius 3 is 2.57 bits per heavy atom. The van der Waals surface area contributed by atoms with Gasteiger partial charge >= 0.3 is 5.97 Å². The minimum absolute atomic E-state index is 0.102. The lowest BCUT2D eigenvalue weighted by Crippen LogP contribution is -2.22. The summed E-state index contributed by atoms with van der Waals surface area (Å²) in [5, 5.41) is 13.3. The summed E-state index contributed by atoms with van der Waals surface area (Å²) in [4.78, 5) is 20.5. The number of hydrogen-bond acceptors (Lipinski definition) is 4. The van der Waals surface area contributed by atoms with Crippen molar-refractivity contribution < 1.29 is 14.7 Å². The summed E-state index contributed by atoms with van der Waals surface area (Å²) in [6.07, 6.45) is 7.53. The molecule has 3 aromatic rings. The standard InChI is InChI=1S/C23H24BrN3O3/c24-20-11-9-19(10-12-20)23(26-30-15-5-4-8-22(28)29)21(27-14-13-25-17-27)16-18-6-2-1-3-7-18/h1-3,6-7,9-14,17,21H,4-5,8,15-16H2,(H,28,29)/b26-23+. The van der Waals surface area contributed by atoms with E-state index in [4.69, 9.17) is 9.94 Å². The topological polar surface area (TPSA) is 76.7 Å². The van der Waals surface area contributed by atoms with Crippen molar-refractivity contribution in [1.82, 2.24) is 9.55 Å². The fraction of sp³-hybridized carbons (Fsp3) is 0.261. The molecule has 0 aliphatic heterocycles. The highest BCUT2D eigenvalue weighted by Gasteiger charge is 2.21. The minimum Gasteiger partial charge on any atom is -0.481 e. The molecule has 2 aromatic carbocycles. The lowest BCUT2D eigenvalue weighted by Gasteiger charge is -2.21. The molecule has 1 unspecified atom stereocenters. The highest BCUT2D eigenvalue weighted by molar-refractivity contribution is 9.10. The molecule has 0 bridgehead atoms. The van der Waals surface area contributed by atoms with Gasteiger partial charge in [0.1, 0.15) is 12.3 Å². The molecule has 1 atom stereocenters. The Kier molecular flexibility index (Phi) is 8.20. The number of hydrogen-bond donors (Lipinski definition) is 1. The van der Waals surface area contributed by atoms with Crippen molar-refractivity contribution in [2.24, 2.45) is 5.16 Å². The van der Waals surface area contributed by atoms with Crippen LogP contribution in [0.3, 0.4) is 0 Å². The third-order valence-electron chi connectivity index (χ3n) is 4.65. The van der Waals surface area contributed by atoms with E-state index in [1.165, 1.54) is 5.56 Å². The van der Waals surface area contributed by atoms with Crippen LogP contribution in [0.2, 0.25) is 0 Å². The minimum atomic E-state index is -0.794. The summed E-state index contributed by atoms with van der Waals surface area (Å²) in [6.45, 7) is 0.370. The van der Waals surface area contributed by atoms with Crippen LogP contribution in [0.5, 0.6) is 0 Å². The fourth-order valence-electron chi connectivity index (χ4n) is 3.12. The molecule has 0 amide bonds. The number of aliphatic carboxylic acids is 1. The van der Waals surface area contributed by atoms with Crippen molar-refractivity contribution in [1.29, 1.82) is 0 Å². The van der Waals surface area contributed by atoms with Crippen molar-refractivity contribution >= 4 is 27.6 Å². The normalized spacial score (nSPS) is 12.5. The largest absolute Gasteiger partial charge is 0.481 e. The number of carbonyl (C=O) groups is 1. The summed E-state index contributed by atoms with van der Waals surface area (Å²) in [5.74, 6) is -0.794. The zero-order valence-electron chi connectivity index (χ0n) is 16.5. The van der Waals surface area contributed by atoms with Crippen LogP contribution in [0.4, 0.5) is 0 Å². The second-order valence-electron chi connectivity index (χ2n) is 6.88. The molecule has 30 heavy (non-hydrogen) atoms. The van der Waals surface area contributed by atoms with Crippen molar-refractivity contribution in [3.05, 3.63) is 88.9 Å². The first-order valence-corrected chi connectivity index (χ1v) is 10.6. The Morgan fingerprint density at radius 1 is 1.13 bits per heavy atom. The van der Waals surface area contributed by atoms with Crippen molar-refractivity contribution in [3.8, 4) is 0 Å². The van der Waals surface area contributed by atoms with Gasteiger partial charge in [-0.2, -0.15) is 0 Å². The number of unbranched alkanes of at least 4 members (excludes halogenated alkanes) is 1. The molecule has 1 N–H and O–H groups in total. The Bertz CT molecular complexity index is 942. The van der Waals surface area contributed by atoms with Crippen LogP contribution in [0.25, 0.3) is 0 Å². The fourth-order valence-corrected chi connectivity index (χ4v) is 3.38. The summed E-state index contributed by atoms with van der Waals surface area (Å²) in [6, 6.07) is 18.1. The quantitative estimate of drug-likeness (QED) is 0.240. The molecular formula is C23H24BrN3O3. The Hall–Kier alpha value is -2.93. The van der Waals surface area contributed by atoms with E-state index >= 15 is 0 Å². The molecule has 0 spiro atoms. The van der Waals surface area contributed by atoms with Gasteiger partial charge in [-0.05, 0) is 37.0 Å². The molecule has 0 fully saturated rings. The SMILES string of the molecule is O=C(O)CCCCO/N=C(\c1ccc(Br)cc1)C(Cc1ccccc1)n1ccnc1. The molecule has 0 aliphatic rings. The Balaban J connectivity index is 1.85. The average molecular weight is 470 g/mol. The molecule has 1 aromatic heterocycles. The molecule has 0 aliphatic carbocycles. The lowest BCUT2D eigenvalue weighted by atomic mass is 9.96. The zero-order chi connectivity index (χ0) is 21.2. The van der Waals surface area contributed by atoms with E-state index in [0.29, 0.717) is 19.4 Å². The molecule has 0 radical (unpaired) electrons. The highest BCUT2D eigenvalue weighted by Crippen LogP contribution is 2.22. The molecule has 6 nitrogen and oxygen atoms in total. The maximum absolute atomic E-state index is 10.7. The van der Waals surface area contributed by atoms with Gasteiger partial charge in [0.05, 0.1) is 12.4 Å². The second-order valence-corrected chi connectivity index (χ2v) is 7.80. The number of carboxylic acids is 1. The number of aromatic nitrogens is 2. The first-order chi connectivity index (χ1) is 14.6. The van der Waals surface area contributed by atoms with Crippen LogP contribution in [0.15, 0.2) is 82.9 Å². The summed E-state index contributed by atoms with van der Waals surface area (Å²) >= 11 is 3.48. The van der Waals surface area contributed by atoms with Crippen LogP contribution in [-0.4, -0.2) is 32.9 Å². The number of imidazole rings is 1. The van der Waals surface area contributed by atoms with Crippen LogP contribution in [0, 0.1) is 0 Å². The number of rotatable bonds is 11. The molecule has 1 heterocycles. The van der Waals surface area contributed by atoms with Gasteiger partial charge in [-0.3, -0.25) is 4.79 Å².